The highest BCUT2D eigenvalue weighted by molar-refractivity contribution is 5.39. The molecule has 0 spiro atoms. The lowest BCUT2D eigenvalue weighted by molar-refractivity contribution is 0.0774. The van der Waals surface area contributed by atoms with E-state index >= 15 is 0 Å². The molecular formula is C14H14F4O2. The van der Waals surface area contributed by atoms with Crippen molar-refractivity contribution in [1.82, 2.24) is 0 Å². The first-order valence-electron chi connectivity index (χ1n) is 6.42. The van der Waals surface area contributed by atoms with E-state index in [0.29, 0.717) is 11.1 Å². The van der Waals surface area contributed by atoms with Crippen LogP contribution in [0.4, 0.5) is 17.6 Å². The lowest BCUT2D eigenvalue weighted by atomic mass is 10.0. The SMILES string of the molecule is OC[C@H]1[C@@H](c2ccc([C@@H]3[C@H](CO)C3(F)F)cc2)C1(F)F. The number of hydrogen-bond donors (Lipinski definition) is 2. The fourth-order valence-electron chi connectivity index (χ4n) is 3.05. The van der Waals surface area contributed by atoms with Crippen LogP contribution in [0.25, 0.3) is 0 Å². The van der Waals surface area contributed by atoms with Crippen LogP contribution in [-0.4, -0.2) is 35.3 Å². The molecule has 0 aromatic heterocycles. The van der Waals surface area contributed by atoms with Crippen molar-refractivity contribution in [3.05, 3.63) is 35.4 Å². The number of aliphatic hydroxyl groups is 2. The Bertz CT molecular complexity index is 467. The van der Waals surface area contributed by atoms with Gasteiger partial charge in [-0.1, -0.05) is 24.3 Å². The van der Waals surface area contributed by atoms with Crippen LogP contribution < -0.4 is 0 Å². The molecule has 0 aliphatic heterocycles. The third kappa shape index (κ3) is 1.78. The number of hydrogen-bond acceptors (Lipinski definition) is 2. The van der Waals surface area contributed by atoms with Gasteiger partial charge in [-0.05, 0) is 11.1 Å². The van der Waals surface area contributed by atoms with Crippen molar-refractivity contribution < 1.29 is 27.8 Å². The lowest BCUT2D eigenvalue weighted by Gasteiger charge is -2.03. The minimum absolute atomic E-state index is 0.349. The second-order valence-electron chi connectivity index (χ2n) is 5.55. The molecule has 0 amide bonds. The predicted octanol–water partition coefficient (Wildman–Crippen LogP) is 2.37. The minimum Gasteiger partial charge on any atom is -0.396 e. The van der Waals surface area contributed by atoms with Gasteiger partial charge in [0.15, 0.2) is 0 Å². The molecule has 3 rings (SSSR count). The summed E-state index contributed by atoms with van der Waals surface area (Å²) in [6.45, 7) is -1.18. The van der Waals surface area contributed by atoms with Gasteiger partial charge in [0.25, 0.3) is 11.8 Å². The van der Waals surface area contributed by atoms with Crippen LogP contribution in [0.3, 0.4) is 0 Å². The Labute approximate surface area is 113 Å². The van der Waals surface area contributed by atoms with Crippen LogP contribution in [0, 0.1) is 11.8 Å². The summed E-state index contributed by atoms with van der Waals surface area (Å²) in [6, 6.07) is 5.64. The summed E-state index contributed by atoms with van der Waals surface area (Å²) >= 11 is 0. The van der Waals surface area contributed by atoms with Gasteiger partial charge in [0.2, 0.25) is 0 Å². The topological polar surface area (TPSA) is 40.5 Å². The molecule has 0 unspecified atom stereocenters. The van der Waals surface area contributed by atoms with Crippen molar-refractivity contribution in [2.45, 2.75) is 23.7 Å². The van der Waals surface area contributed by atoms with Crippen LogP contribution in [0.1, 0.15) is 23.0 Å². The average molecular weight is 290 g/mol. The predicted molar refractivity (Wildman–Crippen MR) is 63.0 cm³/mol. The number of alkyl halides is 4. The molecule has 1 aromatic carbocycles. The van der Waals surface area contributed by atoms with Gasteiger partial charge in [-0.15, -0.1) is 0 Å². The summed E-state index contributed by atoms with van der Waals surface area (Å²) in [5.41, 5.74) is 0.699. The molecular weight excluding hydrogens is 276 g/mol. The second-order valence-corrected chi connectivity index (χ2v) is 5.55. The molecule has 20 heavy (non-hydrogen) atoms. The maximum atomic E-state index is 13.3. The van der Waals surface area contributed by atoms with Gasteiger partial charge in [-0.2, -0.15) is 0 Å². The van der Waals surface area contributed by atoms with Gasteiger partial charge in [-0.3, -0.25) is 0 Å². The molecule has 4 atom stereocenters. The van der Waals surface area contributed by atoms with Crippen molar-refractivity contribution in [2.75, 3.05) is 13.2 Å². The second kappa shape index (κ2) is 4.18. The Morgan fingerprint density at radius 1 is 0.750 bits per heavy atom. The molecule has 0 radical (unpaired) electrons. The first-order valence-corrected chi connectivity index (χ1v) is 6.42. The van der Waals surface area contributed by atoms with E-state index in [4.69, 9.17) is 10.2 Å². The Hall–Kier alpha value is -1.14. The quantitative estimate of drug-likeness (QED) is 0.836. The van der Waals surface area contributed by atoms with E-state index in [1.807, 2.05) is 0 Å². The van der Waals surface area contributed by atoms with Crippen LogP contribution in [0.5, 0.6) is 0 Å². The van der Waals surface area contributed by atoms with Crippen molar-refractivity contribution in [1.29, 1.82) is 0 Å². The van der Waals surface area contributed by atoms with Crippen molar-refractivity contribution >= 4 is 0 Å². The summed E-state index contributed by atoms with van der Waals surface area (Å²) in [6.07, 6.45) is 0. The molecule has 2 N–H and O–H groups in total. The molecule has 2 saturated carbocycles. The van der Waals surface area contributed by atoms with Crippen molar-refractivity contribution in [3.63, 3.8) is 0 Å². The maximum Gasteiger partial charge on any atom is 0.261 e. The summed E-state index contributed by atoms with van der Waals surface area (Å²) in [5.74, 6) is -10.1. The van der Waals surface area contributed by atoms with Crippen LogP contribution >= 0.6 is 0 Å². The van der Waals surface area contributed by atoms with Crippen molar-refractivity contribution in [2.24, 2.45) is 11.8 Å². The third-order valence-electron chi connectivity index (χ3n) is 4.45. The minimum atomic E-state index is -2.92. The van der Waals surface area contributed by atoms with Crippen LogP contribution in [0.2, 0.25) is 0 Å². The van der Waals surface area contributed by atoms with Gasteiger partial charge in [0, 0.05) is 0 Å². The number of benzene rings is 1. The van der Waals surface area contributed by atoms with Gasteiger partial charge in [0.1, 0.15) is 0 Å². The first-order chi connectivity index (χ1) is 9.35. The maximum absolute atomic E-state index is 13.3. The highest BCUT2D eigenvalue weighted by atomic mass is 19.3. The summed E-state index contributed by atoms with van der Waals surface area (Å²) in [4.78, 5) is 0. The van der Waals surface area contributed by atoms with E-state index in [0.717, 1.165) is 0 Å². The summed E-state index contributed by atoms with van der Waals surface area (Å²) in [5, 5.41) is 17.7. The Morgan fingerprint density at radius 2 is 1.05 bits per heavy atom. The van der Waals surface area contributed by atoms with Gasteiger partial charge in [-0.25, -0.2) is 17.6 Å². The molecule has 2 aliphatic rings. The van der Waals surface area contributed by atoms with E-state index < -0.39 is 48.7 Å². The molecule has 2 fully saturated rings. The Morgan fingerprint density at radius 3 is 1.25 bits per heavy atom. The fourth-order valence-corrected chi connectivity index (χ4v) is 3.05. The third-order valence-corrected chi connectivity index (χ3v) is 4.45. The molecule has 2 nitrogen and oxygen atoms in total. The molecule has 2 aliphatic carbocycles. The normalized spacial score (nSPS) is 36.7. The highest BCUT2D eigenvalue weighted by Gasteiger charge is 2.69. The average Bonchev–Trinajstić information content (AvgIpc) is 3.18. The van der Waals surface area contributed by atoms with E-state index in [2.05, 4.69) is 0 Å². The molecule has 110 valence electrons. The largest absolute Gasteiger partial charge is 0.396 e. The Balaban J connectivity index is 1.77. The monoisotopic (exact) mass is 290 g/mol. The van der Waals surface area contributed by atoms with Crippen LogP contribution in [0.15, 0.2) is 24.3 Å². The molecule has 1 aromatic rings. The highest BCUT2D eigenvalue weighted by Crippen LogP contribution is 2.63. The molecule has 6 heteroatoms. The van der Waals surface area contributed by atoms with Gasteiger partial charge < -0.3 is 10.2 Å². The first kappa shape index (κ1) is 13.8. The lowest BCUT2D eigenvalue weighted by Crippen LogP contribution is -1.97. The zero-order chi connectivity index (χ0) is 14.7. The number of rotatable bonds is 4. The standard InChI is InChI=1S/C14H14F4O2/c15-13(16)9(5-19)11(13)7-1-2-8(4-3-7)12-10(6-20)14(12,17)18/h1-4,9-12,19-20H,5-6H2/t9-,10-,11+,12+/m0/s1. The molecule has 0 saturated heterocycles. The fraction of sp³-hybridized carbons (Fsp3) is 0.571. The smallest absolute Gasteiger partial charge is 0.261 e. The number of aliphatic hydroxyl groups excluding tert-OH is 2. The number of halogens is 4. The molecule has 0 heterocycles. The van der Waals surface area contributed by atoms with E-state index in [1.54, 1.807) is 0 Å². The van der Waals surface area contributed by atoms with Crippen LogP contribution in [-0.2, 0) is 0 Å². The zero-order valence-electron chi connectivity index (χ0n) is 10.4. The summed E-state index contributed by atoms with van der Waals surface area (Å²) < 4.78 is 53.4. The summed E-state index contributed by atoms with van der Waals surface area (Å²) in [7, 11) is 0. The van der Waals surface area contributed by atoms with E-state index in [9.17, 15) is 17.6 Å². The van der Waals surface area contributed by atoms with Gasteiger partial charge >= 0.3 is 0 Å². The zero-order valence-corrected chi connectivity index (χ0v) is 10.4. The van der Waals surface area contributed by atoms with Gasteiger partial charge in [0.05, 0.1) is 36.9 Å². The van der Waals surface area contributed by atoms with E-state index in [-0.39, 0.29) is 0 Å². The molecule has 0 bridgehead atoms. The van der Waals surface area contributed by atoms with Crippen molar-refractivity contribution in [3.8, 4) is 0 Å². The Kier molecular flexibility index (Phi) is 2.89. The van der Waals surface area contributed by atoms with E-state index in [1.165, 1.54) is 24.3 Å².